The number of carbonyl (C=O) groups excluding carboxylic acids is 6. The molecule has 4 amide bonds. The Morgan fingerprint density at radius 1 is 0.976 bits per heavy atom. The number of hydrogen-bond acceptors (Lipinski definition) is 6. The van der Waals surface area contributed by atoms with Gasteiger partial charge in [-0.1, -0.05) is 55.5 Å². The Bertz CT molecular complexity index is 1500. The lowest BCUT2D eigenvalue weighted by molar-refractivity contribution is -0.127. The van der Waals surface area contributed by atoms with E-state index in [0.717, 1.165) is 5.39 Å². The molecule has 1 unspecified atom stereocenters. The van der Waals surface area contributed by atoms with E-state index in [1.165, 1.54) is 16.7 Å². The molecule has 212 valence electrons. The Kier molecular flexibility index (Phi) is 9.23. The summed E-state index contributed by atoms with van der Waals surface area (Å²) in [6.45, 7) is 2.55. The van der Waals surface area contributed by atoms with Gasteiger partial charge < -0.3 is 20.3 Å². The van der Waals surface area contributed by atoms with Crippen molar-refractivity contribution in [2.45, 2.75) is 45.2 Å². The monoisotopic (exact) mass is 556 g/mol. The van der Waals surface area contributed by atoms with Crippen LogP contribution in [0.1, 0.15) is 43.5 Å². The molecule has 41 heavy (non-hydrogen) atoms. The van der Waals surface area contributed by atoms with Gasteiger partial charge in [-0.05, 0) is 42.3 Å². The second-order valence-electron chi connectivity index (χ2n) is 9.94. The van der Waals surface area contributed by atoms with Crippen molar-refractivity contribution in [3.63, 3.8) is 0 Å². The topological polar surface area (TPSA) is 133 Å². The van der Waals surface area contributed by atoms with Crippen LogP contribution < -0.4 is 20.4 Å². The number of benzene rings is 3. The minimum atomic E-state index is -1.18. The fraction of sp³-hybridized carbons (Fsp3) is 0.290. The van der Waals surface area contributed by atoms with Gasteiger partial charge in [-0.25, -0.2) is 0 Å². The van der Waals surface area contributed by atoms with Crippen LogP contribution in [0.5, 0.6) is 0 Å². The summed E-state index contributed by atoms with van der Waals surface area (Å²) < 4.78 is 0. The molecule has 1 heterocycles. The molecule has 0 saturated carbocycles. The summed E-state index contributed by atoms with van der Waals surface area (Å²) >= 11 is 0. The lowest BCUT2D eigenvalue weighted by atomic mass is 10.0. The van der Waals surface area contributed by atoms with Gasteiger partial charge >= 0.3 is 0 Å². The molecule has 0 bridgehead atoms. The van der Waals surface area contributed by atoms with Crippen LogP contribution >= 0.6 is 0 Å². The second-order valence-corrected chi connectivity index (χ2v) is 9.94. The number of hydrogen-bond donors (Lipinski definition) is 2. The van der Waals surface area contributed by atoms with Crippen LogP contribution in [0.2, 0.25) is 0 Å². The van der Waals surface area contributed by atoms with Gasteiger partial charge in [0.25, 0.3) is 11.8 Å². The summed E-state index contributed by atoms with van der Waals surface area (Å²) in [7, 11) is 0. The largest absolute Gasteiger partial charge is 0.345 e. The van der Waals surface area contributed by atoms with Crippen LogP contribution in [0.3, 0.4) is 0 Å². The minimum absolute atomic E-state index is 0.134. The third-order valence-corrected chi connectivity index (χ3v) is 6.82. The van der Waals surface area contributed by atoms with E-state index in [-0.39, 0.29) is 31.1 Å². The predicted octanol–water partition coefficient (Wildman–Crippen LogP) is 2.78. The molecule has 0 aromatic heterocycles. The number of anilines is 2. The molecule has 4 rings (SSSR count). The van der Waals surface area contributed by atoms with E-state index in [1.807, 2.05) is 37.3 Å². The number of amides is 4. The van der Waals surface area contributed by atoms with Crippen molar-refractivity contribution in [3.8, 4) is 0 Å². The number of aldehydes is 1. The van der Waals surface area contributed by atoms with E-state index in [2.05, 4.69) is 10.6 Å². The van der Waals surface area contributed by atoms with Crippen LogP contribution in [-0.2, 0) is 24.0 Å². The zero-order chi connectivity index (χ0) is 29.5. The molecule has 0 saturated heterocycles. The van der Waals surface area contributed by atoms with Gasteiger partial charge in [-0.15, -0.1) is 0 Å². The maximum Gasteiger partial charge on any atom is 0.252 e. The summed E-state index contributed by atoms with van der Waals surface area (Å²) in [5.74, 6) is -2.27. The molecule has 0 fully saturated rings. The van der Waals surface area contributed by atoms with Gasteiger partial charge in [-0.3, -0.25) is 28.9 Å². The Balaban J connectivity index is 1.70. The number of nitrogens with one attached hydrogen (secondary N) is 2. The predicted molar refractivity (Wildman–Crippen MR) is 155 cm³/mol. The maximum absolute atomic E-state index is 14.0. The van der Waals surface area contributed by atoms with Crippen molar-refractivity contribution in [3.05, 3.63) is 72.3 Å². The van der Waals surface area contributed by atoms with E-state index >= 15 is 0 Å². The minimum Gasteiger partial charge on any atom is -0.345 e. The van der Waals surface area contributed by atoms with Crippen LogP contribution in [0.4, 0.5) is 11.4 Å². The van der Waals surface area contributed by atoms with Crippen LogP contribution in [0.25, 0.3) is 10.8 Å². The van der Waals surface area contributed by atoms with Crippen molar-refractivity contribution >= 4 is 57.8 Å². The number of nitrogens with zero attached hydrogens (tertiary/aromatic N) is 2. The Labute approximate surface area is 237 Å². The van der Waals surface area contributed by atoms with Gasteiger partial charge in [0.05, 0.1) is 24.0 Å². The first kappa shape index (κ1) is 29.1. The van der Waals surface area contributed by atoms with Gasteiger partial charge in [0.1, 0.15) is 24.7 Å². The van der Waals surface area contributed by atoms with Gasteiger partial charge in [0.15, 0.2) is 0 Å². The van der Waals surface area contributed by atoms with E-state index in [9.17, 15) is 28.8 Å². The fourth-order valence-electron chi connectivity index (χ4n) is 4.94. The number of rotatable bonds is 10. The van der Waals surface area contributed by atoms with Crippen LogP contribution in [-0.4, -0.2) is 60.9 Å². The smallest absolute Gasteiger partial charge is 0.252 e. The number of ketones is 1. The van der Waals surface area contributed by atoms with Crippen molar-refractivity contribution in [2.75, 3.05) is 22.9 Å². The molecule has 2 N–H and O–H groups in total. The van der Waals surface area contributed by atoms with Crippen molar-refractivity contribution in [2.24, 2.45) is 0 Å². The Morgan fingerprint density at radius 2 is 1.66 bits per heavy atom. The quantitative estimate of drug-likeness (QED) is 0.369. The molecule has 2 atom stereocenters. The maximum atomic E-state index is 14.0. The fourth-order valence-corrected chi connectivity index (χ4v) is 4.94. The average molecular weight is 557 g/mol. The molecule has 0 radical (unpaired) electrons. The average Bonchev–Trinajstić information content (AvgIpc) is 3.07. The van der Waals surface area contributed by atoms with E-state index in [4.69, 9.17) is 0 Å². The number of fused-ring (bicyclic) bond motifs is 2. The molecular formula is C31H32N4O6. The zero-order valence-electron chi connectivity index (χ0n) is 23.0. The molecule has 3 aromatic carbocycles. The summed E-state index contributed by atoms with van der Waals surface area (Å²) in [6.07, 6.45) is 1.09. The van der Waals surface area contributed by atoms with Crippen molar-refractivity contribution in [1.29, 1.82) is 0 Å². The lowest BCUT2D eigenvalue weighted by Gasteiger charge is -2.25. The van der Waals surface area contributed by atoms with Gasteiger partial charge in [-0.2, -0.15) is 0 Å². The van der Waals surface area contributed by atoms with Crippen molar-refractivity contribution in [1.82, 2.24) is 10.6 Å². The molecule has 3 aromatic rings. The normalized spacial score (nSPS) is 15.5. The molecule has 1 aliphatic heterocycles. The number of Topliss-reactive ketones (excluding diaryl/α,β-unsaturated/α-hetero) is 1. The Morgan fingerprint density at radius 3 is 2.37 bits per heavy atom. The zero-order valence-corrected chi connectivity index (χ0v) is 23.0. The highest BCUT2D eigenvalue weighted by molar-refractivity contribution is 6.13. The number of carbonyl (C=O) groups is 6. The standard InChI is InChI=1S/C31H32N4O6/c1-3-9-29(39)34-17-25(33-30(40)24-13-8-11-21-10-4-5-12-23(21)24)31(41)35(27-15-7-6-14-26(27)34)18-28(38)32-22(19-36)16-20(2)37/h4-8,10-15,19,22,25H,3,9,16-18H2,1-2H3,(H,32,38)(H,33,40)/t22-,25?/m0/s1. The van der Waals surface area contributed by atoms with E-state index in [0.29, 0.717) is 35.0 Å². The summed E-state index contributed by atoms with van der Waals surface area (Å²) in [4.78, 5) is 79.4. The van der Waals surface area contributed by atoms with Gasteiger partial charge in [0, 0.05) is 18.4 Å². The third kappa shape index (κ3) is 6.66. The molecular weight excluding hydrogens is 524 g/mol. The first-order chi connectivity index (χ1) is 19.7. The highest BCUT2D eigenvalue weighted by atomic mass is 16.2. The SMILES string of the molecule is CCCC(=O)N1CC(NC(=O)c2cccc3ccccc23)C(=O)N(CC(=O)N[C@H](C=O)CC(C)=O)c2ccccc21. The highest BCUT2D eigenvalue weighted by Crippen LogP contribution is 2.33. The molecule has 10 heteroatoms. The molecule has 1 aliphatic rings. The molecule has 0 spiro atoms. The lowest BCUT2D eigenvalue weighted by Crippen LogP contribution is -2.54. The van der Waals surface area contributed by atoms with Crippen molar-refractivity contribution < 1.29 is 28.8 Å². The summed E-state index contributed by atoms with van der Waals surface area (Å²) in [5, 5.41) is 6.85. The summed E-state index contributed by atoms with van der Waals surface area (Å²) in [5.41, 5.74) is 1.10. The van der Waals surface area contributed by atoms with Crippen LogP contribution in [0.15, 0.2) is 66.7 Å². The van der Waals surface area contributed by atoms with Gasteiger partial charge in [0.2, 0.25) is 11.8 Å². The first-order valence-corrected chi connectivity index (χ1v) is 13.5. The van der Waals surface area contributed by atoms with E-state index < -0.39 is 36.3 Å². The second kappa shape index (κ2) is 13.0. The van der Waals surface area contributed by atoms with E-state index in [1.54, 1.807) is 36.4 Å². The first-order valence-electron chi connectivity index (χ1n) is 13.5. The third-order valence-electron chi connectivity index (χ3n) is 6.82. The Hall–Kier alpha value is -4.86. The highest BCUT2D eigenvalue weighted by Gasteiger charge is 2.37. The number of para-hydroxylation sites is 2. The molecule has 0 aliphatic carbocycles. The molecule has 10 nitrogen and oxygen atoms in total. The van der Waals surface area contributed by atoms with Crippen LogP contribution in [0, 0.1) is 0 Å². The summed E-state index contributed by atoms with van der Waals surface area (Å²) in [6, 6.07) is 17.1.